The van der Waals surface area contributed by atoms with Gasteiger partial charge in [-0.05, 0) is 31.0 Å². The average molecular weight is 341 g/mol. The maximum atomic E-state index is 12.8. The van der Waals surface area contributed by atoms with E-state index in [1.54, 1.807) is 13.0 Å². The quantitative estimate of drug-likeness (QED) is 0.717. The molecule has 1 N–H and O–H groups in total. The minimum absolute atomic E-state index is 0.260. The number of hydrogen-bond donors (Lipinski definition) is 1. The first-order valence-corrected chi connectivity index (χ1v) is 8.10. The lowest BCUT2D eigenvalue weighted by atomic mass is 10.0. The molecule has 2 aromatic carbocycles. The normalized spacial score (nSPS) is 10.6. The highest BCUT2D eigenvalue weighted by Gasteiger charge is 2.23. The van der Waals surface area contributed by atoms with Crippen molar-refractivity contribution in [2.75, 3.05) is 5.32 Å². The fourth-order valence-corrected chi connectivity index (χ4v) is 2.84. The van der Waals surface area contributed by atoms with Gasteiger partial charge in [0.05, 0.1) is 5.02 Å². The topological polar surface area (TPSA) is 55.1 Å². The molecule has 1 amide bonds. The molecule has 0 aliphatic heterocycles. The van der Waals surface area contributed by atoms with Gasteiger partial charge in [0.15, 0.2) is 0 Å². The number of carbonyl (C=O) groups excluding carboxylic acids is 1. The maximum Gasteiger partial charge on any atom is 0.261 e. The Morgan fingerprint density at radius 1 is 1.17 bits per heavy atom. The van der Waals surface area contributed by atoms with Crippen molar-refractivity contribution in [2.24, 2.45) is 0 Å². The van der Waals surface area contributed by atoms with Gasteiger partial charge in [-0.1, -0.05) is 60.1 Å². The van der Waals surface area contributed by atoms with Gasteiger partial charge < -0.3 is 9.84 Å². The van der Waals surface area contributed by atoms with Crippen LogP contribution >= 0.6 is 11.6 Å². The lowest BCUT2D eigenvalue weighted by Gasteiger charge is -2.10. The molecular weight excluding hydrogens is 324 g/mol. The van der Waals surface area contributed by atoms with Crippen LogP contribution in [0, 0.1) is 6.92 Å². The standard InChI is InChI=1S/C19H17ClN2O2/c1-3-13-8-4-7-11-16(13)21-19(23)17-12(2)24-22-18(17)14-9-5-6-10-15(14)20/h4-11H,3H2,1-2H3,(H,21,23). The summed E-state index contributed by atoms with van der Waals surface area (Å²) in [6, 6.07) is 15.0. The molecule has 1 heterocycles. The van der Waals surface area contributed by atoms with Gasteiger partial charge in [-0.25, -0.2) is 0 Å². The van der Waals surface area contributed by atoms with E-state index >= 15 is 0 Å². The molecule has 122 valence electrons. The zero-order valence-corrected chi connectivity index (χ0v) is 14.2. The van der Waals surface area contributed by atoms with Gasteiger partial charge >= 0.3 is 0 Å². The van der Waals surface area contributed by atoms with E-state index < -0.39 is 0 Å². The van der Waals surface area contributed by atoms with Crippen molar-refractivity contribution in [1.82, 2.24) is 5.16 Å². The maximum absolute atomic E-state index is 12.8. The first-order chi connectivity index (χ1) is 11.6. The third-order valence-electron chi connectivity index (χ3n) is 3.87. The molecule has 5 heteroatoms. The SMILES string of the molecule is CCc1ccccc1NC(=O)c1c(-c2ccccc2Cl)noc1C. The van der Waals surface area contributed by atoms with Crippen LogP contribution in [0.1, 0.15) is 28.6 Å². The average Bonchev–Trinajstić information content (AvgIpc) is 2.97. The molecule has 0 aliphatic carbocycles. The Balaban J connectivity index is 2.00. The number of halogens is 1. The third-order valence-corrected chi connectivity index (χ3v) is 4.19. The molecule has 0 bridgehead atoms. The number of rotatable bonds is 4. The Labute approximate surface area is 145 Å². The number of aryl methyl sites for hydroxylation is 2. The number of amides is 1. The minimum atomic E-state index is -0.260. The summed E-state index contributed by atoms with van der Waals surface area (Å²) in [4.78, 5) is 12.8. The summed E-state index contributed by atoms with van der Waals surface area (Å²) >= 11 is 6.24. The summed E-state index contributed by atoms with van der Waals surface area (Å²) in [6.07, 6.45) is 0.830. The molecule has 0 atom stereocenters. The van der Waals surface area contributed by atoms with E-state index in [0.717, 1.165) is 17.7 Å². The molecule has 0 saturated heterocycles. The molecule has 0 aliphatic rings. The van der Waals surface area contributed by atoms with Crippen molar-refractivity contribution < 1.29 is 9.32 Å². The van der Waals surface area contributed by atoms with Gasteiger partial charge in [-0.3, -0.25) is 4.79 Å². The molecule has 0 radical (unpaired) electrons. The number of nitrogens with one attached hydrogen (secondary N) is 1. The Hall–Kier alpha value is -2.59. The highest BCUT2D eigenvalue weighted by Crippen LogP contribution is 2.31. The van der Waals surface area contributed by atoms with E-state index in [-0.39, 0.29) is 5.91 Å². The molecule has 3 aromatic rings. The van der Waals surface area contributed by atoms with Crippen LogP contribution in [0.3, 0.4) is 0 Å². The van der Waals surface area contributed by atoms with Gasteiger partial charge in [-0.2, -0.15) is 0 Å². The summed E-state index contributed by atoms with van der Waals surface area (Å²) in [7, 11) is 0. The fraction of sp³-hybridized carbons (Fsp3) is 0.158. The molecule has 1 aromatic heterocycles. The van der Waals surface area contributed by atoms with Crippen LogP contribution < -0.4 is 5.32 Å². The highest BCUT2D eigenvalue weighted by molar-refractivity contribution is 6.33. The number of benzene rings is 2. The summed E-state index contributed by atoms with van der Waals surface area (Å²) < 4.78 is 5.25. The van der Waals surface area contributed by atoms with E-state index in [9.17, 15) is 4.79 Å². The summed E-state index contributed by atoms with van der Waals surface area (Å²) in [6.45, 7) is 3.76. The van der Waals surface area contributed by atoms with Gasteiger partial charge in [0, 0.05) is 11.3 Å². The van der Waals surface area contributed by atoms with Crippen molar-refractivity contribution in [3.8, 4) is 11.3 Å². The van der Waals surface area contributed by atoms with Crippen LogP contribution in [-0.4, -0.2) is 11.1 Å². The number of hydrogen-bond acceptors (Lipinski definition) is 3. The van der Waals surface area contributed by atoms with Crippen LogP contribution in [0.25, 0.3) is 11.3 Å². The van der Waals surface area contributed by atoms with Crippen molar-refractivity contribution in [3.05, 3.63) is 70.4 Å². The number of para-hydroxylation sites is 1. The van der Waals surface area contributed by atoms with Gasteiger partial charge in [0.1, 0.15) is 17.0 Å². The number of anilines is 1. The van der Waals surface area contributed by atoms with Gasteiger partial charge in [0.25, 0.3) is 5.91 Å². The van der Waals surface area contributed by atoms with Crippen LogP contribution in [0.15, 0.2) is 53.1 Å². The van der Waals surface area contributed by atoms with Crippen LogP contribution in [-0.2, 0) is 6.42 Å². The first kappa shape index (κ1) is 16.3. The Morgan fingerprint density at radius 2 is 1.88 bits per heavy atom. The van der Waals surface area contributed by atoms with Crippen molar-refractivity contribution in [2.45, 2.75) is 20.3 Å². The monoisotopic (exact) mass is 340 g/mol. The second-order valence-electron chi connectivity index (χ2n) is 5.41. The lowest BCUT2D eigenvalue weighted by Crippen LogP contribution is -2.14. The summed E-state index contributed by atoms with van der Waals surface area (Å²) in [5.41, 5.74) is 3.37. The molecule has 0 unspecified atom stereocenters. The highest BCUT2D eigenvalue weighted by atomic mass is 35.5. The van der Waals surface area contributed by atoms with Gasteiger partial charge in [0.2, 0.25) is 0 Å². The predicted molar refractivity (Wildman–Crippen MR) is 95.5 cm³/mol. The number of carbonyl (C=O) groups is 1. The Kier molecular flexibility index (Phi) is 4.67. The predicted octanol–water partition coefficient (Wildman–Crippen LogP) is 5.12. The fourth-order valence-electron chi connectivity index (χ4n) is 2.61. The lowest BCUT2D eigenvalue weighted by molar-refractivity contribution is 0.102. The van der Waals surface area contributed by atoms with Gasteiger partial charge in [-0.15, -0.1) is 0 Å². The second kappa shape index (κ2) is 6.89. The van der Waals surface area contributed by atoms with E-state index in [0.29, 0.717) is 27.6 Å². The first-order valence-electron chi connectivity index (χ1n) is 7.72. The molecule has 3 rings (SSSR count). The van der Waals surface area contributed by atoms with E-state index in [1.807, 2.05) is 49.4 Å². The Bertz CT molecular complexity index is 887. The second-order valence-corrected chi connectivity index (χ2v) is 5.81. The molecule has 0 spiro atoms. The molecular formula is C19H17ClN2O2. The van der Waals surface area contributed by atoms with Crippen LogP contribution in [0.2, 0.25) is 5.02 Å². The van der Waals surface area contributed by atoms with Crippen molar-refractivity contribution >= 4 is 23.2 Å². The van der Waals surface area contributed by atoms with Crippen LogP contribution in [0.5, 0.6) is 0 Å². The summed E-state index contributed by atoms with van der Waals surface area (Å²) in [5.74, 6) is 0.195. The molecule has 24 heavy (non-hydrogen) atoms. The zero-order valence-electron chi connectivity index (χ0n) is 13.5. The third kappa shape index (κ3) is 3.05. The largest absolute Gasteiger partial charge is 0.360 e. The van der Waals surface area contributed by atoms with E-state index in [2.05, 4.69) is 10.5 Å². The number of nitrogens with zero attached hydrogens (tertiary/aromatic N) is 1. The molecule has 0 saturated carbocycles. The zero-order chi connectivity index (χ0) is 17.1. The smallest absolute Gasteiger partial charge is 0.261 e. The summed E-state index contributed by atoms with van der Waals surface area (Å²) in [5, 5.41) is 7.51. The van der Waals surface area contributed by atoms with E-state index in [4.69, 9.17) is 16.1 Å². The van der Waals surface area contributed by atoms with E-state index in [1.165, 1.54) is 0 Å². The van der Waals surface area contributed by atoms with Crippen molar-refractivity contribution in [1.29, 1.82) is 0 Å². The van der Waals surface area contributed by atoms with Crippen molar-refractivity contribution in [3.63, 3.8) is 0 Å². The van der Waals surface area contributed by atoms with Crippen LogP contribution in [0.4, 0.5) is 5.69 Å². The minimum Gasteiger partial charge on any atom is -0.360 e. The Morgan fingerprint density at radius 3 is 2.62 bits per heavy atom. The molecule has 4 nitrogen and oxygen atoms in total. The number of aromatic nitrogens is 1. The molecule has 0 fully saturated rings.